The van der Waals surface area contributed by atoms with E-state index in [9.17, 15) is 9.18 Å². The molecule has 92 valence electrons. The minimum atomic E-state index is -0.834. The zero-order chi connectivity index (χ0) is 12.6. The predicted molar refractivity (Wildman–Crippen MR) is 59.1 cm³/mol. The number of nitrogens with two attached hydrogens (primary N) is 1. The fraction of sp³-hybridized carbons (Fsp3) is 0.417. The second-order valence-electron chi connectivity index (χ2n) is 4.26. The number of carboxylic acid groups (broad SMARTS) is 1. The lowest BCUT2D eigenvalue weighted by Crippen LogP contribution is -2.16. The Morgan fingerprint density at radius 3 is 2.82 bits per heavy atom. The van der Waals surface area contributed by atoms with Gasteiger partial charge in [-0.3, -0.25) is 4.79 Å². The zero-order valence-electron chi connectivity index (χ0n) is 9.39. The molecular weight excluding hydrogens is 225 g/mol. The Kier molecular flexibility index (Phi) is 3.02. The van der Waals surface area contributed by atoms with Crippen LogP contribution in [0.15, 0.2) is 18.2 Å². The van der Waals surface area contributed by atoms with Gasteiger partial charge in [-0.2, -0.15) is 0 Å². The molecule has 0 radical (unpaired) electrons. The molecule has 0 spiro atoms. The van der Waals surface area contributed by atoms with Gasteiger partial charge in [-0.25, -0.2) is 4.39 Å². The van der Waals surface area contributed by atoms with Crippen molar-refractivity contribution in [2.75, 3.05) is 7.11 Å². The van der Waals surface area contributed by atoms with E-state index in [0.717, 1.165) is 0 Å². The van der Waals surface area contributed by atoms with E-state index in [0.29, 0.717) is 12.0 Å². The van der Waals surface area contributed by atoms with Gasteiger partial charge in [0.2, 0.25) is 0 Å². The Hall–Kier alpha value is -1.62. The van der Waals surface area contributed by atoms with Crippen molar-refractivity contribution in [1.82, 2.24) is 0 Å². The lowest BCUT2D eigenvalue weighted by Gasteiger charge is -2.12. The summed E-state index contributed by atoms with van der Waals surface area (Å²) in [6.07, 6.45) is 0.560. The quantitative estimate of drug-likeness (QED) is 0.836. The fourth-order valence-electron chi connectivity index (χ4n) is 2.03. The van der Waals surface area contributed by atoms with Crippen molar-refractivity contribution >= 4 is 5.97 Å². The molecule has 0 amide bonds. The van der Waals surface area contributed by atoms with Crippen molar-refractivity contribution < 1.29 is 19.0 Å². The zero-order valence-corrected chi connectivity index (χ0v) is 9.39. The smallest absolute Gasteiger partial charge is 0.306 e. The summed E-state index contributed by atoms with van der Waals surface area (Å²) in [5.74, 6) is -1.64. The number of halogens is 1. The minimum Gasteiger partial charge on any atom is -0.494 e. The summed E-state index contributed by atoms with van der Waals surface area (Å²) in [4.78, 5) is 10.7. The first-order valence-corrected chi connectivity index (χ1v) is 5.36. The third-order valence-corrected chi connectivity index (χ3v) is 3.18. The molecule has 0 aromatic heterocycles. The Bertz CT molecular complexity index is 449. The number of aliphatic carboxylic acids is 1. The van der Waals surface area contributed by atoms with Gasteiger partial charge in [0.1, 0.15) is 0 Å². The van der Waals surface area contributed by atoms with Crippen LogP contribution >= 0.6 is 0 Å². The monoisotopic (exact) mass is 239 g/mol. The first-order valence-electron chi connectivity index (χ1n) is 5.36. The van der Waals surface area contributed by atoms with Gasteiger partial charge in [-0.15, -0.1) is 0 Å². The van der Waals surface area contributed by atoms with Gasteiger partial charge in [0, 0.05) is 6.04 Å². The molecule has 3 unspecified atom stereocenters. The normalized spacial score (nSPS) is 24.2. The van der Waals surface area contributed by atoms with Gasteiger partial charge < -0.3 is 15.6 Å². The third kappa shape index (κ3) is 2.24. The molecule has 0 bridgehead atoms. The lowest BCUT2D eigenvalue weighted by molar-refractivity contribution is -0.138. The molecule has 1 aliphatic carbocycles. The Labute approximate surface area is 98.2 Å². The summed E-state index contributed by atoms with van der Waals surface area (Å²) < 4.78 is 18.3. The number of ether oxygens (including phenoxy) is 1. The summed E-state index contributed by atoms with van der Waals surface area (Å²) in [6.45, 7) is 0. The fourth-order valence-corrected chi connectivity index (χ4v) is 2.03. The number of carbonyl (C=O) groups is 1. The van der Waals surface area contributed by atoms with Crippen LogP contribution in [0.5, 0.6) is 5.75 Å². The Balaban J connectivity index is 2.13. The van der Waals surface area contributed by atoms with Crippen LogP contribution in [0.4, 0.5) is 4.39 Å². The molecule has 1 saturated carbocycles. The van der Waals surface area contributed by atoms with Gasteiger partial charge in [0.15, 0.2) is 11.6 Å². The molecule has 2 rings (SSSR count). The van der Waals surface area contributed by atoms with Crippen molar-refractivity contribution in [3.05, 3.63) is 29.6 Å². The number of benzene rings is 1. The third-order valence-electron chi connectivity index (χ3n) is 3.18. The van der Waals surface area contributed by atoms with Crippen molar-refractivity contribution in [2.45, 2.75) is 12.5 Å². The molecule has 0 aliphatic heterocycles. The highest BCUT2D eigenvalue weighted by molar-refractivity contribution is 5.73. The van der Waals surface area contributed by atoms with Crippen LogP contribution in [-0.2, 0) is 4.79 Å². The molecule has 4 nitrogen and oxygen atoms in total. The van der Waals surface area contributed by atoms with Crippen LogP contribution in [0.25, 0.3) is 0 Å². The molecule has 0 heterocycles. The minimum absolute atomic E-state index is 0.0969. The summed E-state index contributed by atoms with van der Waals surface area (Å²) in [5.41, 5.74) is 6.53. The van der Waals surface area contributed by atoms with E-state index < -0.39 is 23.7 Å². The van der Waals surface area contributed by atoms with Crippen molar-refractivity contribution in [2.24, 2.45) is 17.6 Å². The largest absolute Gasteiger partial charge is 0.494 e. The van der Waals surface area contributed by atoms with E-state index in [1.165, 1.54) is 19.2 Å². The summed E-state index contributed by atoms with van der Waals surface area (Å²) in [5, 5.41) is 8.81. The van der Waals surface area contributed by atoms with E-state index in [4.69, 9.17) is 15.6 Å². The van der Waals surface area contributed by atoms with E-state index >= 15 is 0 Å². The van der Waals surface area contributed by atoms with Crippen LogP contribution in [0, 0.1) is 17.7 Å². The highest BCUT2D eigenvalue weighted by Gasteiger charge is 2.47. The second kappa shape index (κ2) is 4.33. The van der Waals surface area contributed by atoms with Crippen LogP contribution in [-0.4, -0.2) is 18.2 Å². The molecule has 0 saturated heterocycles. The maximum atomic E-state index is 13.5. The maximum Gasteiger partial charge on any atom is 0.306 e. The number of hydrogen-bond donors (Lipinski definition) is 2. The SMILES string of the molecule is COc1ccc(C(N)C2CC2C(=O)O)cc1F. The predicted octanol–water partition coefficient (Wildman–Crippen LogP) is 1.55. The van der Waals surface area contributed by atoms with Crippen LogP contribution < -0.4 is 10.5 Å². The van der Waals surface area contributed by atoms with Crippen LogP contribution in [0.3, 0.4) is 0 Å². The molecule has 3 atom stereocenters. The van der Waals surface area contributed by atoms with Crippen molar-refractivity contribution in [3.8, 4) is 5.75 Å². The molecule has 1 aromatic rings. The summed E-state index contributed by atoms with van der Waals surface area (Å²) in [6, 6.07) is 4.05. The standard InChI is InChI=1S/C12H14FNO3/c1-17-10-3-2-6(4-9(10)13)11(14)7-5-8(7)12(15)16/h2-4,7-8,11H,5,14H2,1H3,(H,15,16). The van der Waals surface area contributed by atoms with Gasteiger partial charge in [0.05, 0.1) is 13.0 Å². The van der Waals surface area contributed by atoms with E-state index in [1.54, 1.807) is 6.07 Å². The highest BCUT2D eigenvalue weighted by Crippen LogP contribution is 2.46. The van der Waals surface area contributed by atoms with Crippen molar-refractivity contribution in [1.29, 1.82) is 0 Å². The maximum absolute atomic E-state index is 13.5. The molecule has 1 aliphatic rings. The Morgan fingerprint density at radius 2 is 2.35 bits per heavy atom. The number of methoxy groups -OCH3 is 1. The summed E-state index contributed by atoms with van der Waals surface area (Å²) in [7, 11) is 1.39. The van der Waals surface area contributed by atoms with Gasteiger partial charge in [-0.05, 0) is 30.0 Å². The first kappa shape index (κ1) is 11.9. The molecule has 1 aromatic carbocycles. The highest BCUT2D eigenvalue weighted by atomic mass is 19.1. The molecule has 5 heteroatoms. The average molecular weight is 239 g/mol. The molecule has 3 N–H and O–H groups in total. The topological polar surface area (TPSA) is 72.5 Å². The number of hydrogen-bond acceptors (Lipinski definition) is 3. The second-order valence-corrected chi connectivity index (χ2v) is 4.26. The molecular formula is C12H14FNO3. The van der Waals surface area contributed by atoms with E-state index in [2.05, 4.69) is 0 Å². The van der Waals surface area contributed by atoms with Gasteiger partial charge >= 0.3 is 5.97 Å². The first-order chi connectivity index (χ1) is 8.04. The van der Waals surface area contributed by atoms with Gasteiger partial charge in [-0.1, -0.05) is 6.07 Å². The van der Waals surface area contributed by atoms with Crippen LogP contribution in [0.1, 0.15) is 18.0 Å². The summed E-state index contributed by atoms with van der Waals surface area (Å²) >= 11 is 0. The van der Waals surface area contributed by atoms with E-state index in [-0.39, 0.29) is 11.7 Å². The van der Waals surface area contributed by atoms with Crippen molar-refractivity contribution in [3.63, 3.8) is 0 Å². The number of carboxylic acids is 1. The Morgan fingerprint density at radius 1 is 1.65 bits per heavy atom. The molecule has 1 fully saturated rings. The van der Waals surface area contributed by atoms with Gasteiger partial charge in [0.25, 0.3) is 0 Å². The van der Waals surface area contributed by atoms with E-state index in [1.807, 2.05) is 0 Å². The van der Waals surface area contributed by atoms with Crippen LogP contribution in [0.2, 0.25) is 0 Å². The average Bonchev–Trinajstić information content (AvgIpc) is 3.08. The number of rotatable bonds is 4. The lowest BCUT2D eigenvalue weighted by atomic mass is 10.0. The molecule has 17 heavy (non-hydrogen) atoms.